The van der Waals surface area contributed by atoms with Gasteiger partial charge in [-0.05, 0) is 55.2 Å². The number of benzene rings is 1. The lowest BCUT2D eigenvalue weighted by Crippen LogP contribution is -2.30. The third-order valence-electron chi connectivity index (χ3n) is 4.97. The van der Waals surface area contributed by atoms with Crippen LogP contribution in [0.15, 0.2) is 18.2 Å². The van der Waals surface area contributed by atoms with E-state index in [4.69, 9.17) is 5.73 Å². The van der Waals surface area contributed by atoms with Gasteiger partial charge in [0, 0.05) is 25.7 Å². The van der Waals surface area contributed by atoms with E-state index in [0.29, 0.717) is 6.04 Å². The maximum Gasteiger partial charge on any atom is 0.0234 e. The smallest absolute Gasteiger partial charge is 0.0234 e. The SMILES string of the molecule is Cc1ccc(CN2CC3CCC(N)C3C2)cc1C. The van der Waals surface area contributed by atoms with E-state index in [2.05, 4.69) is 36.9 Å². The Kier molecular flexibility index (Phi) is 3.16. The molecule has 2 heteroatoms. The van der Waals surface area contributed by atoms with Crippen molar-refractivity contribution in [3.05, 3.63) is 34.9 Å². The van der Waals surface area contributed by atoms with E-state index in [0.717, 1.165) is 18.4 Å². The number of likely N-dealkylation sites (tertiary alicyclic amines) is 1. The Morgan fingerprint density at radius 2 is 2.00 bits per heavy atom. The van der Waals surface area contributed by atoms with Crippen LogP contribution in [-0.4, -0.2) is 24.0 Å². The van der Waals surface area contributed by atoms with E-state index in [9.17, 15) is 0 Å². The van der Waals surface area contributed by atoms with Gasteiger partial charge in [0.2, 0.25) is 0 Å². The molecule has 1 aliphatic carbocycles. The van der Waals surface area contributed by atoms with Gasteiger partial charge in [-0.2, -0.15) is 0 Å². The highest BCUT2D eigenvalue weighted by molar-refractivity contribution is 5.29. The van der Waals surface area contributed by atoms with Gasteiger partial charge in [-0.25, -0.2) is 0 Å². The van der Waals surface area contributed by atoms with E-state index in [1.54, 1.807) is 0 Å². The van der Waals surface area contributed by atoms with Gasteiger partial charge >= 0.3 is 0 Å². The van der Waals surface area contributed by atoms with Crippen LogP contribution >= 0.6 is 0 Å². The average molecular weight is 244 g/mol. The van der Waals surface area contributed by atoms with Crippen LogP contribution in [0, 0.1) is 25.7 Å². The Bertz CT molecular complexity index is 441. The molecule has 98 valence electrons. The fourth-order valence-corrected chi connectivity index (χ4v) is 3.69. The van der Waals surface area contributed by atoms with Crippen LogP contribution in [0.3, 0.4) is 0 Å². The highest BCUT2D eigenvalue weighted by Gasteiger charge is 2.40. The number of hydrogen-bond acceptors (Lipinski definition) is 2. The van der Waals surface area contributed by atoms with Crippen molar-refractivity contribution in [2.24, 2.45) is 17.6 Å². The molecular weight excluding hydrogens is 220 g/mol. The molecule has 3 unspecified atom stereocenters. The number of nitrogens with two attached hydrogens (primary N) is 1. The van der Waals surface area contributed by atoms with Crippen molar-refractivity contribution < 1.29 is 0 Å². The van der Waals surface area contributed by atoms with Gasteiger partial charge in [0.25, 0.3) is 0 Å². The van der Waals surface area contributed by atoms with Crippen LogP contribution in [0.1, 0.15) is 29.5 Å². The van der Waals surface area contributed by atoms with E-state index >= 15 is 0 Å². The average Bonchev–Trinajstić information content (AvgIpc) is 2.87. The molecule has 0 radical (unpaired) electrons. The van der Waals surface area contributed by atoms with E-state index in [-0.39, 0.29) is 0 Å². The molecule has 1 aliphatic heterocycles. The van der Waals surface area contributed by atoms with Gasteiger partial charge in [-0.1, -0.05) is 18.2 Å². The molecular formula is C16H24N2. The molecule has 3 rings (SSSR count). The normalized spacial score (nSPS) is 31.8. The third kappa shape index (κ3) is 2.19. The van der Waals surface area contributed by atoms with Crippen molar-refractivity contribution in [1.29, 1.82) is 0 Å². The fraction of sp³-hybridized carbons (Fsp3) is 0.625. The first kappa shape index (κ1) is 12.2. The molecule has 3 atom stereocenters. The molecule has 18 heavy (non-hydrogen) atoms. The zero-order valence-electron chi connectivity index (χ0n) is 11.5. The summed E-state index contributed by atoms with van der Waals surface area (Å²) in [6.07, 6.45) is 2.59. The van der Waals surface area contributed by atoms with Crippen LogP contribution in [0.2, 0.25) is 0 Å². The van der Waals surface area contributed by atoms with Gasteiger partial charge in [0.05, 0.1) is 0 Å². The van der Waals surface area contributed by atoms with Gasteiger partial charge in [-0.15, -0.1) is 0 Å². The molecule has 1 saturated carbocycles. The Balaban J connectivity index is 1.66. The minimum absolute atomic E-state index is 0.458. The quantitative estimate of drug-likeness (QED) is 0.866. The Morgan fingerprint density at radius 1 is 1.17 bits per heavy atom. The predicted octanol–water partition coefficient (Wildman–Crippen LogP) is 2.47. The standard InChI is InChI=1S/C16H24N2/c1-11-3-4-13(7-12(11)2)8-18-9-14-5-6-16(17)15(14)10-18/h3-4,7,14-16H,5-6,8-10,17H2,1-2H3. The predicted molar refractivity (Wildman–Crippen MR) is 75.4 cm³/mol. The number of hydrogen-bond donors (Lipinski definition) is 1. The summed E-state index contributed by atoms with van der Waals surface area (Å²) in [5, 5.41) is 0. The molecule has 0 spiro atoms. The van der Waals surface area contributed by atoms with Crippen LogP contribution in [-0.2, 0) is 6.54 Å². The molecule has 2 fully saturated rings. The van der Waals surface area contributed by atoms with Crippen molar-refractivity contribution in [2.75, 3.05) is 13.1 Å². The highest BCUT2D eigenvalue weighted by Crippen LogP contribution is 2.37. The summed E-state index contributed by atoms with van der Waals surface area (Å²) < 4.78 is 0. The van der Waals surface area contributed by atoms with E-state index < -0.39 is 0 Å². The first-order valence-electron chi connectivity index (χ1n) is 7.17. The summed E-state index contributed by atoms with van der Waals surface area (Å²) in [5.74, 6) is 1.63. The van der Waals surface area contributed by atoms with Gasteiger partial charge in [0.15, 0.2) is 0 Å². The summed E-state index contributed by atoms with van der Waals surface area (Å²) >= 11 is 0. The lowest BCUT2D eigenvalue weighted by Gasteiger charge is -2.18. The zero-order valence-corrected chi connectivity index (χ0v) is 11.5. The first-order valence-corrected chi connectivity index (χ1v) is 7.17. The summed E-state index contributed by atoms with van der Waals surface area (Å²) in [5.41, 5.74) is 10.4. The molecule has 0 amide bonds. The Morgan fingerprint density at radius 3 is 2.72 bits per heavy atom. The van der Waals surface area contributed by atoms with Crippen LogP contribution in [0.4, 0.5) is 0 Å². The Hall–Kier alpha value is -0.860. The lowest BCUT2D eigenvalue weighted by atomic mass is 9.98. The molecule has 2 aliphatic rings. The summed E-state index contributed by atoms with van der Waals surface area (Å²) in [6, 6.07) is 7.31. The number of rotatable bonds is 2. The van der Waals surface area contributed by atoms with E-state index in [1.807, 2.05) is 0 Å². The van der Waals surface area contributed by atoms with Crippen molar-refractivity contribution in [3.63, 3.8) is 0 Å². The van der Waals surface area contributed by atoms with Gasteiger partial charge < -0.3 is 5.73 Å². The summed E-state index contributed by atoms with van der Waals surface area (Å²) in [7, 11) is 0. The van der Waals surface area contributed by atoms with Gasteiger partial charge in [0.1, 0.15) is 0 Å². The van der Waals surface area contributed by atoms with Crippen molar-refractivity contribution in [2.45, 2.75) is 39.3 Å². The first-order chi connectivity index (χ1) is 8.63. The molecule has 1 aromatic carbocycles. The zero-order chi connectivity index (χ0) is 12.7. The molecule has 1 heterocycles. The molecule has 0 aromatic heterocycles. The Labute approximate surface area is 110 Å². The largest absolute Gasteiger partial charge is 0.327 e. The van der Waals surface area contributed by atoms with Crippen LogP contribution in [0.25, 0.3) is 0 Å². The number of aryl methyl sites for hydroxylation is 2. The highest BCUT2D eigenvalue weighted by atomic mass is 15.2. The fourth-order valence-electron chi connectivity index (χ4n) is 3.69. The topological polar surface area (TPSA) is 29.3 Å². The van der Waals surface area contributed by atoms with Crippen LogP contribution < -0.4 is 5.73 Å². The monoisotopic (exact) mass is 244 g/mol. The molecule has 2 N–H and O–H groups in total. The summed E-state index contributed by atoms with van der Waals surface area (Å²) in [4.78, 5) is 2.60. The second kappa shape index (κ2) is 4.67. The lowest BCUT2D eigenvalue weighted by molar-refractivity contribution is 0.298. The number of nitrogens with zero attached hydrogens (tertiary/aromatic N) is 1. The van der Waals surface area contributed by atoms with Crippen LogP contribution in [0.5, 0.6) is 0 Å². The minimum Gasteiger partial charge on any atom is -0.327 e. The summed E-state index contributed by atoms with van der Waals surface area (Å²) in [6.45, 7) is 7.94. The molecule has 0 bridgehead atoms. The van der Waals surface area contributed by atoms with E-state index in [1.165, 1.54) is 42.6 Å². The second-order valence-corrected chi connectivity index (χ2v) is 6.28. The third-order valence-corrected chi connectivity index (χ3v) is 4.97. The maximum atomic E-state index is 6.19. The molecule has 1 aromatic rings. The minimum atomic E-state index is 0.458. The second-order valence-electron chi connectivity index (χ2n) is 6.28. The number of fused-ring (bicyclic) bond motifs is 1. The van der Waals surface area contributed by atoms with Gasteiger partial charge in [-0.3, -0.25) is 4.90 Å². The van der Waals surface area contributed by atoms with Crippen molar-refractivity contribution >= 4 is 0 Å². The van der Waals surface area contributed by atoms with Crippen molar-refractivity contribution in [1.82, 2.24) is 4.90 Å². The molecule has 2 nitrogen and oxygen atoms in total. The molecule has 1 saturated heterocycles. The van der Waals surface area contributed by atoms with Crippen molar-refractivity contribution in [3.8, 4) is 0 Å². The maximum absolute atomic E-state index is 6.19.